The Kier molecular flexibility index (Phi) is 6.49. The van der Waals surface area contributed by atoms with E-state index in [1.807, 2.05) is 12.1 Å². The van der Waals surface area contributed by atoms with Crippen molar-refractivity contribution in [3.63, 3.8) is 0 Å². The van der Waals surface area contributed by atoms with Crippen molar-refractivity contribution in [3.05, 3.63) is 23.3 Å². The number of hydrogen-bond acceptors (Lipinski definition) is 5. The minimum Gasteiger partial charge on any atom is -0.493 e. The van der Waals surface area contributed by atoms with E-state index in [9.17, 15) is 5.11 Å². The van der Waals surface area contributed by atoms with Crippen LogP contribution in [0.2, 0.25) is 0 Å². The van der Waals surface area contributed by atoms with Gasteiger partial charge in [-0.3, -0.25) is 0 Å². The lowest BCUT2D eigenvalue weighted by molar-refractivity contribution is -0.0462. The quantitative estimate of drug-likeness (QED) is 0.746. The van der Waals surface area contributed by atoms with E-state index < -0.39 is 12.4 Å². The predicted molar refractivity (Wildman–Crippen MR) is 83.3 cm³/mol. The maximum absolute atomic E-state index is 10.6. The summed E-state index contributed by atoms with van der Waals surface area (Å²) in [5, 5.41) is 10.6. The van der Waals surface area contributed by atoms with Crippen LogP contribution in [0.25, 0.3) is 0 Å². The summed E-state index contributed by atoms with van der Waals surface area (Å²) in [5.74, 6) is 1.22. The Morgan fingerprint density at radius 1 is 1.14 bits per heavy atom. The van der Waals surface area contributed by atoms with Gasteiger partial charge in [-0.15, -0.1) is 0 Å². The normalized spacial score (nSPS) is 16.7. The largest absolute Gasteiger partial charge is 0.493 e. The van der Waals surface area contributed by atoms with Gasteiger partial charge in [-0.25, -0.2) is 0 Å². The van der Waals surface area contributed by atoms with Gasteiger partial charge in [-0.2, -0.15) is 0 Å². The molecule has 1 aliphatic rings. The minimum absolute atomic E-state index is 0.448. The van der Waals surface area contributed by atoms with Gasteiger partial charge in [0.15, 0.2) is 17.8 Å². The molecule has 1 fully saturated rings. The fraction of sp³-hybridized carbons (Fsp3) is 0.647. The smallest absolute Gasteiger partial charge is 0.184 e. The summed E-state index contributed by atoms with van der Waals surface area (Å²) in [5.41, 5.74) is 1.61. The van der Waals surface area contributed by atoms with E-state index in [-0.39, 0.29) is 0 Å². The molecule has 1 saturated heterocycles. The van der Waals surface area contributed by atoms with Gasteiger partial charge in [0.2, 0.25) is 0 Å². The fourth-order valence-corrected chi connectivity index (χ4v) is 2.68. The molecule has 5 heteroatoms. The monoisotopic (exact) mass is 310 g/mol. The molecule has 0 saturated carbocycles. The number of unbranched alkanes of at least 4 members (excludes halogenated alkanes) is 2. The van der Waals surface area contributed by atoms with Crippen LogP contribution in [0.5, 0.6) is 11.5 Å². The number of aliphatic hydroxyl groups is 1. The lowest BCUT2D eigenvalue weighted by Gasteiger charge is -2.21. The van der Waals surface area contributed by atoms with Crippen molar-refractivity contribution in [3.8, 4) is 11.5 Å². The van der Waals surface area contributed by atoms with Crippen LogP contribution < -0.4 is 9.47 Å². The fourth-order valence-electron chi connectivity index (χ4n) is 2.68. The molecule has 5 nitrogen and oxygen atoms in total. The molecule has 1 heterocycles. The van der Waals surface area contributed by atoms with Crippen LogP contribution in [0.1, 0.15) is 56.1 Å². The van der Waals surface area contributed by atoms with Crippen molar-refractivity contribution in [2.45, 2.75) is 45.0 Å². The van der Waals surface area contributed by atoms with Crippen LogP contribution in [-0.2, 0) is 9.47 Å². The molecule has 0 amide bonds. The molecule has 1 atom stereocenters. The first-order chi connectivity index (χ1) is 10.7. The van der Waals surface area contributed by atoms with E-state index in [4.69, 9.17) is 18.9 Å². The van der Waals surface area contributed by atoms with Crippen LogP contribution in [0.3, 0.4) is 0 Å². The maximum Gasteiger partial charge on any atom is 0.184 e. The molecule has 124 valence electrons. The van der Waals surface area contributed by atoms with E-state index in [1.54, 1.807) is 14.2 Å². The molecule has 1 unspecified atom stereocenters. The Morgan fingerprint density at radius 3 is 2.36 bits per heavy atom. The third kappa shape index (κ3) is 3.91. The van der Waals surface area contributed by atoms with E-state index in [2.05, 4.69) is 6.92 Å². The van der Waals surface area contributed by atoms with E-state index in [0.29, 0.717) is 31.1 Å². The van der Waals surface area contributed by atoms with Crippen LogP contribution in [0.4, 0.5) is 0 Å². The van der Waals surface area contributed by atoms with Gasteiger partial charge in [0.1, 0.15) is 0 Å². The number of rotatable bonds is 8. The molecular weight excluding hydrogens is 284 g/mol. The van der Waals surface area contributed by atoms with E-state index in [1.165, 1.54) is 0 Å². The van der Waals surface area contributed by atoms with Crippen molar-refractivity contribution in [2.75, 3.05) is 27.4 Å². The summed E-state index contributed by atoms with van der Waals surface area (Å²) in [4.78, 5) is 0. The molecule has 1 aromatic carbocycles. The summed E-state index contributed by atoms with van der Waals surface area (Å²) in [6, 6.07) is 3.67. The molecular formula is C17H26O5. The molecule has 1 N–H and O–H groups in total. The third-order valence-electron chi connectivity index (χ3n) is 3.91. The Balaban J connectivity index is 2.30. The van der Waals surface area contributed by atoms with Gasteiger partial charge in [-0.1, -0.05) is 26.2 Å². The molecule has 0 radical (unpaired) electrons. The van der Waals surface area contributed by atoms with Gasteiger partial charge in [0, 0.05) is 5.56 Å². The zero-order valence-electron chi connectivity index (χ0n) is 13.6. The molecule has 2 rings (SSSR count). The zero-order valence-corrected chi connectivity index (χ0v) is 13.6. The Hall–Kier alpha value is -1.30. The van der Waals surface area contributed by atoms with Gasteiger partial charge < -0.3 is 24.1 Å². The number of hydrogen-bond donors (Lipinski definition) is 1. The number of aliphatic hydroxyl groups excluding tert-OH is 1. The first kappa shape index (κ1) is 17.1. The first-order valence-corrected chi connectivity index (χ1v) is 7.88. The van der Waals surface area contributed by atoms with Crippen molar-refractivity contribution in [2.24, 2.45) is 0 Å². The molecule has 1 aromatic rings. The van der Waals surface area contributed by atoms with Crippen LogP contribution in [0, 0.1) is 0 Å². The van der Waals surface area contributed by atoms with Crippen LogP contribution in [0.15, 0.2) is 12.1 Å². The van der Waals surface area contributed by atoms with Crippen LogP contribution in [-0.4, -0.2) is 32.5 Å². The number of methoxy groups -OCH3 is 2. The summed E-state index contributed by atoms with van der Waals surface area (Å²) < 4.78 is 21.9. The summed E-state index contributed by atoms with van der Waals surface area (Å²) in [6.07, 6.45) is 2.92. The van der Waals surface area contributed by atoms with Gasteiger partial charge in [0.05, 0.1) is 33.5 Å². The molecule has 0 aliphatic carbocycles. The summed E-state index contributed by atoms with van der Waals surface area (Å²) in [7, 11) is 3.18. The first-order valence-electron chi connectivity index (χ1n) is 7.88. The average Bonchev–Trinajstić information content (AvgIpc) is 3.07. The summed E-state index contributed by atoms with van der Waals surface area (Å²) >= 11 is 0. The Morgan fingerprint density at radius 2 is 1.77 bits per heavy atom. The number of benzene rings is 1. The minimum atomic E-state index is -0.561. The summed E-state index contributed by atoms with van der Waals surface area (Å²) in [6.45, 7) is 3.27. The molecule has 22 heavy (non-hydrogen) atoms. The highest BCUT2D eigenvalue weighted by Crippen LogP contribution is 2.39. The highest BCUT2D eigenvalue weighted by molar-refractivity contribution is 5.48. The van der Waals surface area contributed by atoms with Gasteiger partial charge in [-0.05, 0) is 24.1 Å². The van der Waals surface area contributed by atoms with Crippen LogP contribution >= 0.6 is 0 Å². The average molecular weight is 310 g/mol. The maximum atomic E-state index is 10.6. The predicted octanol–water partition coefficient (Wildman–Crippen LogP) is 3.36. The van der Waals surface area contributed by atoms with Crippen molar-refractivity contribution < 1.29 is 24.1 Å². The molecule has 0 aromatic heterocycles. The van der Waals surface area contributed by atoms with Crippen molar-refractivity contribution in [1.29, 1.82) is 0 Å². The van der Waals surface area contributed by atoms with Gasteiger partial charge in [0.25, 0.3) is 0 Å². The molecule has 0 bridgehead atoms. The third-order valence-corrected chi connectivity index (χ3v) is 3.91. The highest BCUT2D eigenvalue weighted by Gasteiger charge is 2.26. The zero-order chi connectivity index (χ0) is 15.9. The topological polar surface area (TPSA) is 57.2 Å². The lowest BCUT2D eigenvalue weighted by Crippen LogP contribution is -2.09. The second-order valence-electron chi connectivity index (χ2n) is 5.42. The van der Waals surface area contributed by atoms with E-state index in [0.717, 1.165) is 30.4 Å². The molecule has 1 aliphatic heterocycles. The lowest BCUT2D eigenvalue weighted by atomic mass is 9.97. The van der Waals surface area contributed by atoms with E-state index >= 15 is 0 Å². The SMILES string of the molecule is CCCCCC(O)c1cc(OC)c(OC)cc1C1OCCO1. The highest BCUT2D eigenvalue weighted by atomic mass is 16.7. The van der Waals surface area contributed by atoms with Crippen molar-refractivity contribution in [1.82, 2.24) is 0 Å². The number of ether oxygens (including phenoxy) is 4. The Bertz CT molecular complexity index is 468. The molecule has 0 spiro atoms. The second kappa shape index (κ2) is 8.36. The Labute approximate surface area is 132 Å². The van der Waals surface area contributed by atoms with Crippen molar-refractivity contribution >= 4 is 0 Å². The second-order valence-corrected chi connectivity index (χ2v) is 5.42. The van der Waals surface area contributed by atoms with Gasteiger partial charge >= 0.3 is 0 Å². The standard InChI is InChI=1S/C17H26O5/c1-4-5-6-7-14(18)12-10-15(19-2)16(20-3)11-13(12)17-21-8-9-22-17/h10-11,14,17-18H,4-9H2,1-3H3.